The van der Waals surface area contributed by atoms with E-state index < -0.39 is 36.1 Å². The van der Waals surface area contributed by atoms with E-state index in [0.717, 1.165) is 0 Å². The van der Waals surface area contributed by atoms with Crippen molar-refractivity contribution in [2.24, 2.45) is 5.92 Å². The number of amides is 1. The third-order valence-electron chi connectivity index (χ3n) is 5.01. The Morgan fingerprint density at radius 1 is 1.34 bits per heavy atom. The first kappa shape index (κ1) is 21.3. The zero-order chi connectivity index (χ0) is 21.2. The summed E-state index contributed by atoms with van der Waals surface area (Å²) in [6, 6.07) is 8.82. The molecule has 1 amide bonds. The summed E-state index contributed by atoms with van der Waals surface area (Å²) >= 11 is 1.21. The molecule has 0 radical (unpaired) electrons. The smallest absolute Gasteiger partial charge is 0.404 e. The number of aromatic nitrogens is 1. The molecule has 0 aliphatic carbocycles. The van der Waals surface area contributed by atoms with Gasteiger partial charge in [-0.25, -0.2) is 9.78 Å². The third kappa shape index (κ3) is 4.27. The van der Waals surface area contributed by atoms with Crippen LogP contribution in [0.25, 0.3) is 10.4 Å². The molecule has 1 saturated heterocycles. The second-order valence-electron chi connectivity index (χ2n) is 6.90. The highest BCUT2D eigenvalue weighted by atomic mass is 32.1. The Morgan fingerprint density at radius 3 is 2.66 bits per heavy atom. The van der Waals surface area contributed by atoms with Crippen LogP contribution >= 0.6 is 11.3 Å². The molecule has 0 saturated carbocycles. The van der Waals surface area contributed by atoms with Crippen molar-refractivity contribution in [3.8, 4) is 10.4 Å². The number of hydrogen-bond donors (Lipinski definition) is 3. The summed E-state index contributed by atoms with van der Waals surface area (Å²) in [6.07, 6.45) is -6.22. The van der Waals surface area contributed by atoms with Crippen molar-refractivity contribution in [2.45, 2.75) is 31.5 Å². The first-order chi connectivity index (χ1) is 13.6. The molecule has 29 heavy (non-hydrogen) atoms. The van der Waals surface area contributed by atoms with Crippen LogP contribution in [0.1, 0.15) is 28.3 Å². The second-order valence-corrected chi connectivity index (χ2v) is 8.10. The van der Waals surface area contributed by atoms with Gasteiger partial charge in [0.1, 0.15) is 11.2 Å². The van der Waals surface area contributed by atoms with E-state index in [-0.39, 0.29) is 25.1 Å². The second kappa shape index (κ2) is 8.11. The van der Waals surface area contributed by atoms with Crippen molar-refractivity contribution in [3.63, 3.8) is 0 Å². The summed E-state index contributed by atoms with van der Waals surface area (Å²) in [7, 11) is 0. The Bertz CT molecular complexity index is 901. The lowest BCUT2D eigenvalue weighted by Crippen LogP contribution is -2.68. The topological polar surface area (TPSA) is 91.3 Å². The van der Waals surface area contributed by atoms with Crippen LogP contribution in [0.2, 0.25) is 0 Å². The number of aryl methyl sites for hydroxylation is 1. The van der Waals surface area contributed by atoms with Crippen molar-refractivity contribution >= 4 is 23.2 Å². The van der Waals surface area contributed by atoms with Gasteiger partial charge in [-0.05, 0) is 31.9 Å². The van der Waals surface area contributed by atoms with Gasteiger partial charge in [0, 0.05) is 6.54 Å². The highest BCUT2D eigenvalue weighted by Gasteiger charge is 2.59. The lowest BCUT2D eigenvalue weighted by Gasteiger charge is -2.44. The van der Waals surface area contributed by atoms with Gasteiger partial charge in [0.25, 0.3) is 0 Å². The SMILES string of the molecule is Cc1nc(C(=O)[C@]2(CNC(=O)O)NCCC[C@H]2C(F)(F)F)c(-c2ccccc2)s1. The monoisotopic (exact) mass is 427 g/mol. The molecule has 1 aliphatic rings. The van der Waals surface area contributed by atoms with Gasteiger partial charge in [-0.1, -0.05) is 30.3 Å². The van der Waals surface area contributed by atoms with Crippen molar-refractivity contribution in [1.29, 1.82) is 0 Å². The maximum Gasteiger partial charge on any atom is 0.404 e. The fourth-order valence-corrected chi connectivity index (χ4v) is 4.65. The number of piperidine rings is 1. The zero-order valence-electron chi connectivity index (χ0n) is 15.5. The Hall–Kier alpha value is -2.46. The lowest BCUT2D eigenvalue weighted by molar-refractivity contribution is -0.197. The van der Waals surface area contributed by atoms with Crippen LogP contribution in [0.3, 0.4) is 0 Å². The Balaban J connectivity index is 2.12. The zero-order valence-corrected chi connectivity index (χ0v) is 16.4. The normalized spacial score (nSPS) is 22.3. The molecule has 2 heterocycles. The van der Waals surface area contributed by atoms with E-state index in [2.05, 4.69) is 10.3 Å². The van der Waals surface area contributed by atoms with E-state index in [0.29, 0.717) is 15.4 Å². The summed E-state index contributed by atoms with van der Waals surface area (Å²) < 4.78 is 41.6. The van der Waals surface area contributed by atoms with E-state index in [1.807, 2.05) is 5.32 Å². The van der Waals surface area contributed by atoms with Crippen LogP contribution in [0, 0.1) is 12.8 Å². The van der Waals surface area contributed by atoms with Gasteiger partial charge in [0.15, 0.2) is 0 Å². The Morgan fingerprint density at radius 2 is 2.03 bits per heavy atom. The number of halogens is 3. The molecule has 156 valence electrons. The van der Waals surface area contributed by atoms with Crippen LogP contribution in [0.4, 0.5) is 18.0 Å². The molecule has 0 unspecified atom stereocenters. The predicted octanol–water partition coefficient (Wildman–Crippen LogP) is 3.87. The number of thiazole rings is 1. The highest BCUT2D eigenvalue weighted by molar-refractivity contribution is 7.15. The van der Waals surface area contributed by atoms with Crippen molar-refractivity contribution < 1.29 is 27.9 Å². The number of nitrogens with zero attached hydrogens (tertiary/aromatic N) is 1. The van der Waals surface area contributed by atoms with Crippen LogP contribution in [0.15, 0.2) is 30.3 Å². The molecule has 1 aromatic carbocycles. The molecule has 6 nitrogen and oxygen atoms in total. The van der Waals surface area contributed by atoms with E-state index in [4.69, 9.17) is 5.11 Å². The standard InChI is InChI=1S/C19H20F3N3O3S/c1-11-25-14(15(29-11)12-6-3-2-4-7-12)16(26)18(10-23-17(27)28)13(19(20,21)22)8-5-9-24-18/h2-4,6-7,13,23-24H,5,8-10H2,1H3,(H,27,28)/t13-,18-/m1/s1. The van der Waals surface area contributed by atoms with Gasteiger partial charge in [-0.3, -0.25) is 4.79 Å². The first-order valence-corrected chi connectivity index (χ1v) is 9.83. The molecule has 0 spiro atoms. The molecule has 3 rings (SSSR count). The number of benzene rings is 1. The van der Waals surface area contributed by atoms with Gasteiger partial charge in [0.05, 0.1) is 15.8 Å². The fraction of sp³-hybridized carbons (Fsp3) is 0.421. The van der Waals surface area contributed by atoms with Gasteiger partial charge in [-0.15, -0.1) is 11.3 Å². The number of nitrogens with one attached hydrogen (secondary N) is 2. The molecular formula is C19H20F3N3O3S. The molecule has 2 aromatic rings. The minimum absolute atomic E-state index is 0.0745. The molecule has 0 bridgehead atoms. The Kier molecular flexibility index (Phi) is 5.95. The van der Waals surface area contributed by atoms with E-state index >= 15 is 0 Å². The predicted molar refractivity (Wildman–Crippen MR) is 102 cm³/mol. The quantitative estimate of drug-likeness (QED) is 0.630. The maximum atomic E-state index is 13.9. The van der Waals surface area contributed by atoms with Crippen LogP contribution < -0.4 is 10.6 Å². The molecule has 3 N–H and O–H groups in total. The van der Waals surface area contributed by atoms with Crippen LogP contribution in [-0.4, -0.2) is 46.8 Å². The number of ketones is 1. The lowest BCUT2D eigenvalue weighted by atomic mass is 9.73. The van der Waals surface area contributed by atoms with Gasteiger partial charge in [-0.2, -0.15) is 13.2 Å². The highest BCUT2D eigenvalue weighted by Crippen LogP contribution is 2.43. The van der Waals surface area contributed by atoms with Gasteiger partial charge < -0.3 is 15.7 Å². The molecule has 2 atom stereocenters. The number of carbonyl (C=O) groups is 2. The Labute approximate surface area is 169 Å². The van der Waals surface area contributed by atoms with Gasteiger partial charge >= 0.3 is 12.3 Å². The summed E-state index contributed by atoms with van der Waals surface area (Å²) in [6.45, 7) is 1.14. The number of carbonyl (C=O) groups excluding carboxylic acids is 1. The summed E-state index contributed by atoms with van der Waals surface area (Å²) in [4.78, 5) is 29.3. The number of rotatable bonds is 5. The minimum Gasteiger partial charge on any atom is -0.465 e. The third-order valence-corrected chi connectivity index (χ3v) is 6.03. The number of alkyl halides is 3. The number of carboxylic acid groups (broad SMARTS) is 1. The fourth-order valence-electron chi connectivity index (χ4n) is 3.73. The largest absolute Gasteiger partial charge is 0.465 e. The average Bonchev–Trinajstić information content (AvgIpc) is 3.07. The molecule has 10 heteroatoms. The van der Waals surface area contributed by atoms with Crippen molar-refractivity contribution in [1.82, 2.24) is 15.6 Å². The van der Waals surface area contributed by atoms with E-state index in [1.54, 1.807) is 37.3 Å². The van der Waals surface area contributed by atoms with Crippen molar-refractivity contribution in [3.05, 3.63) is 41.0 Å². The summed E-state index contributed by atoms with van der Waals surface area (Å²) in [5.74, 6) is -2.88. The first-order valence-electron chi connectivity index (χ1n) is 9.01. The van der Waals surface area contributed by atoms with Crippen LogP contribution in [-0.2, 0) is 0 Å². The summed E-state index contributed by atoms with van der Waals surface area (Å²) in [5.41, 5.74) is -1.56. The van der Waals surface area contributed by atoms with Crippen molar-refractivity contribution in [2.75, 3.05) is 13.1 Å². The van der Waals surface area contributed by atoms with E-state index in [9.17, 15) is 22.8 Å². The van der Waals surface area contributed by atoms with Gasteiger partial charge in [0.2, 0.25) is 5.78 Å². The minimum atomic E-state index is -4.68. The van der Waals surface area contributed by atoms with Crippen LogP contribution in [0.5, 0.6) is 0 Å². The molecular weight excluding hydrogens is 407 g/mol. The van der Waals surface area contributed by atoms with E-state index in [1.165, 1.54) is 11.3 Å². The number of hydrogen-bond acceptors (Lipinski definition) is 5. The summed E-state index contributed by atoms with van der Waals surface area (Å²) in [5, 5.41) is 14.2. The molecule has 1 aliphatic heterocycles. The molecule has 1 aromatic heterocycles. The maximum absolute atomic E-state index is 13.9. The number of Topliss-reactive ketones (excluding diaryl/α,β-unsaturated/α-hetero) is 1. The average molecular weight is 427 g/mol. The molecule has 1 fully saturated rings.